The van der Waals surface area contributed by atoms with Gasteiger partial charge in [0.2, 0.25) is 0 Å². The van der Waals surface area contributed by atoms with Crippen LogP contribution in [0.15, 0.2) is 0 Å². The highest BCUT2D eigenvalue weighted by molar-refractivity contribution is 4.77. The van der Waals surface area contributed by atoms with Gasteiger partial charge in [-0.2, -0.15) is 0 Å². The molecule has 0 saturated heterocycles. The van der Waals surface area contributed by atoms with Crippen molar-refractivity contribution in [3.05, 3.63) is 0 Å². The fraction of sp³-hybridized carbons (Fsp3) is 1.00. The molecule has 0 aromatic rings. The van der Waals surface area contributed by atoms with Gasteiger partial charge in [-0.3, -0.25) is 0 Å². The lowest BCUT2D eigenvalue weighted by Gasteiger charge is -2.34. The van der Waals surface area contributed by atoms with Gasteiger partial charge in [-0.15, -0.1) is 0 Å². The molecule has 0 aromatic carbocycles. The Morgan fingerprint density at radius 1 is 1.08 bits per heavy atom. The summed E-state index contributed by atoms with van der Waals surface area (Å²) in [7, 11) is 0. The van der Waals surface area contributed by atoms with E-state index < -0.39 is 0 Å². The molecule has 0 N–H and O–H groups in total. The van der Waals surface area contributed by atoms with E-state index in [0.717, 1.165) is 17.8 Å². The van der Waals surface area contributed by atoms with E-state index in [9.17, 15) is 0 Å². The third-order valence-electron chi connectivity index (χ3n) is 3.29. The fourth-order valence-electron chi connectivity index (χ4n) is 2.35. The van der Waals surface area contributed by atoms with Crippen LogP contribution in [-0.2, 0) is 0 Å². The van der Waals surface area contributed by atoms with Gasteiger partial charge in [0.15, 0.2) is 0 Å². The van der Waals surface area contributed by atoms with Crippen LogP contribution in [0.3, 0.4) is 0 Å². The molecule has 0 unspecified atom stereocenters. The second-order valence-corrected chi connectivity index (χ2v) is 4.36. The fourth-order valence-corrected chi connectivity index (χ4v) is 2.35. The van der Waals surface area contributed by atoms with Crippen LogP contribution in [0.25, 0.3) is 0 Å². The molecule has 0 spiro atoms. The van der Waals surface area contributed by atoms with Gasteiger partial charge in [0, 0.05) is 0 Å². The first-order valence-electron chi connectivity index (χ1n) is 6.26. The maximum Gasteiger partial charge on any atom is -0.0407 e. The van der Waals surface area contributed by atoms with Crippen LogP contribution >= 0.6 is 0 Å². The molecule has 0 heteroatoms. The minimum atomic E-state index is 1.02. The molecule has 1 saturated carbocycles. The first-order valence-corrected chi connectivity index (χ1v) is 6.26. The SMILES string of the molecule is CC.CCC(CC)CC1CC(C)C1. The Bertz CT molecular complexity index is 96.6. The van der Waals surface area contributed by atoms with Crippen molar-refractivity contribution in [1.82, 2.24) is 0 Å². The van der Waals surface area contributed by atoms with Crippen molar-refractivity contribution in [3.8, 4) is 0 Å². The summed E-state index contributed by atoms with van der Waals surface area (Å²) in [4.78, 5) is 0. The van der Waals surface area contributed by atoms with Crippen molar-refractivity contribution in [2.24, 2.45) is 17.8 Å². The molecular weight excluding hydrogens is 156 g/mol. The molecule has 0 radical (unpaired) electrons. The Hall–Kier alpha value is 0. The molecule has 1 fully saturated rings. The minimum absolute atomic E-state index is 1.02. The smallest absolute Gasteiger partial charge is 0.0407 e. The molecule has 80 valence electrons. The van der Waals surface area contributed by atoms with Crippen LogP contribution in [0, 0.1) is 17.8 Å². The molecule has 0 nitrogen and oxygen atoms in total. The summed E-state index contributed by atoms with van der Waals surface area (Å²) in [5.41, 5.74) is 0. The molecule has 0 aliphatic heterocycles. The zero-order valence-corrected chi connectivity index (χ0v) is 10.3. The normalized spacial score (nSPS) is 26.3. The highest BCUT2D eigenvalue weighted by Crippen LogP contribution is 2.38. The van der Waals surface area contributed by atoms with E-state index >= 15 is 0 Å². The van der Waals surface area contributed by atoms with Crippen molar-refractivity contribution in [2.45, 2.75) is 66.7 Å². The Balaban J connectivity index is 0.000000671. The average molecular weight is 184 g/mol. The Morgan fingerprint density at radius 3 is 1.85 bits per heavy atom. The highest BCUT2D eigenvalue weighted by Gasteiger charge is 2.26. The molecule has 0 aromatic heterocycles. The zero-order chi connectivity index (χ0) is 10.3. The van der Waals surface area contributed by atoms with Gasteiger partial charge >= 0.3 is 0 Å². The maximum atomic E-state index is 2.38. The van der Waals surface area contributed by atoms with Crippen LogP contribution in [0.1, 0.15) is 66.7 Å². The molecule has 0 heterocycles. The van der Waals surface area contributed by atoms with E-state index in [1.165, 1.54) is 32.1 Å². The topological polar surface area (TPSA) is 0 Å². The summed E-state index contributed by atoms with van der Waals surface area (Å²) in [6.45, 7) is 11.0. The van der Waals surface area contributed by atoms with E-state index in [2.05, 4.69) is 20.8 Å². The molecule has 13 heavy (non-hydrogen) atoms. The lowest BCUT2D eigenvalue weighted by molar-refractivity contribution is 0.169. The highest BCUT2D eigenvalue weighted by atomic mass is 14.3. The van der Waals surface area contributed by atoms with Gasteiger partial charge in [-0.05, 0) is 37.0 Å². The van der Waals surface area contributed by atoms with Gasteiger partial charge < -0.3 is 0 Å². The Kier molecular flexibility index (Phi) is 7.41. The maximum absolute atomic E-state index is 2.38. The standard InChI is InChI=1S/C11H22.C2H6/c1-4-10(5-2)8-11-6-9(3)7-11;1-2/h9-11H,4-8H2,1-3H3;1-2H3. The third kappa shape index (κ3) is 4.69. The van der Waals surface area contributed by atoms with E-state index in [1.807, 2.05) is 13.8 Å². The number of rotatable bonds is 4. The molecule has 0 atom stereocenters. The van der Waals surface area contributed by atoms with Crippen LogP contribution in [0.5, 0.6) is 0 Å². The summed E-state index contributed by atoms with van der Waals surface area (Å²) in [5.74, 6) is 3.15. The van der Waals surface area contributed by atoms with E-state index in [4.69, 9.17) is 0 Å². The molecular formula is C13H28. The summed E-state index contributed by atoms with van der Waals surface area (Å²) in [6.07, 6.45) is 7.31. The van der Waals surface area contributed by atoms with E-state index in [1.54, 1.807) is 0 Å². The van der Waals surface area contributed by atoms with Crippen LogP contribution in [0.2, 0.25) is 0 Å². The second kappa shape index (κ2) is 7.41. The minimum Gasteiger partial charge on any atom is -0.0683 e. The molecule has 1 aliphatic rings. The van der Waals surface area contributed by atoms with Gasteiger partial charge in [-0.25, -0.2) is 0 Å². The third-order valence-corrected chi connectivity index (χ3v) is 3.29. The predicted molar refractivity (Wildman–Crippen MR) is 61.9 cm³/mol. The Morgan fingerprint density at radius 2 is 1.54 bits per heavy atom. The van der Waals surface area contributed by atoms with Gasteiger partial charge in [0.1, 0.15) is 0 Å². The largest absolute Gasteiger partial charge is 0.0683 e. The van der Waals surface area contributed by atoms with Gasteiger partial charge in [-0.1, -0.05) is 47.5 Å². The van der Waals surface area contributed by atoms with E-state index in [0.29, 0.717) is 0 Å². The summed E-state index contributed by atoms with van der Waals surface area (Å²) in [6, 6.07) is 0. The van der Waals surface area contributed by atoms with Crippen molar-refractivity contribution in [3.63, 3.8) is 0 Å². The average Bonchev–Trinajstić information content (AvgIpc) is 2.14. The molecule has 0 bridgehead atoms. The number of hydrogen-bond acceptors (Lipinski definition) is 0. The first kappa shape index (κ1) is 13.0. The lowest BCUT2D eigenvalue weighted by atomic mass is 9.71. The Labute approximate surface area is 85.1 Å². The monoisotopic (exact) mass is 184 g/mol. The quantitative estimate of drug-likeness (QED) is 0.584. The lowest BCUT2D eigenvalue weighted by Crippen LogP contribution is -2.23. The van der Waals surface area contributed by atoms with Crippen molar-refractivity contribution >= 4 is 0 Å². The molecule has 1 rings (SSSR count). The first-order chi connectivity index (χ1) is 6.26. The summed E-state index contributed by atoms with van der Waals surface area (Å²) >= 11 is 0. The van der Waals surface area contributed by atoms with E-state index in [-0.39, 0.29) is 0 Å². The predicted octanol–water partition coefficient (Wildman–Crippen LogP) is 4.89. The second-order valence-electron chi connectivity index (χ2n) is 4.36. The molecule has 0 amide bonds. The summed E-state index contributed by atoms with van der Waals surface area (Å²) in [5, 5.41) is 0. The van der Waals surface area contributed by atoms with Crippen molar-refractivity contribution < 1.29 is 0 Å². The van der Waals surface area contributed by atoms with Crippen LogP contribution in [0.4, 0.5) is 0 Å². The van der Waals surface area contributed by atoms with Crippen molar-refractivity contribution in [2.75, 3.05) is 0 Å². The zero-order valence-electron chi connectivity index (χ0n) is 10.3. The number of hydrogen-bond donors (Lipinski definition) is 0. The van der Waals surface area contributed by atoms with Gasteiger partial charge in [0.05, 0.1) is 0 Å². The van der Waals surface area contributed by atoms with Gasteiger partial charge in [0.25, 0.3) is 0 Å². The molecule has 1 aliphatic carbocycles. The van der Waals surface area contributed by atoms with Crippen molar-refractivity contribution in [1.29, 1.82) is 0 Å². The summed E-state index contributed by atoms with van der Waals surface area (Å²) < 4.78 is 0. The van der Waals surface area contributed by atoms with Crippen LogP contribution in [-0.4, -0.2) is 0 Å². The van der Waals surface area contributed by atoms with Crippen LogP contribution < -0.4 is 0 Å².